The molecule has 29 heavy (non-hydrogen) atoms. The quantitative estimate of drug-likeness (QED) is 0.754. The van der Waals surface area contributed by atoms with E-state index in [1.807, 2.05) is 35.2 Å². The van der Waals surface area contributed by atoms with Gasteiger partial charge in [-0.2, -0.15) is 13.2 Å². The standard InChI is InChI=1S/C21H23F3N2O2S/c22-21(23,24)19-8-4-7-18(15-19)16-26-12-9-20(10-13-26)25-29(27,28)14-11-17-5-2-1-3-6-17/h1-8,11,14-15,20,25H,9-10,12-13,16H2/b14-11+. The zero-order chi connectivity index (χ0) is 20.9. The van der Waals surface area contributed by atoms with Gasteiger partial charge in [0.1, 0.15) is 0 Å². The average molecular weight is 424 g/mol. The van der Waals surface area contributed by atoms with E-state index in [2.05, 4.69) is 4.72 Å². The number of benzene rings is 2. The molecule has 0 atom stereocenters. The maximum absolute atomic E-state index is 12.8. The van der Waals surface area contributed by atoms with Gasteiger partial charge in [-0.1, -0.05) is 48.5 Å². The van der Waals surface area contributed by atoms with Gasteiger partial charge in [0, 0.05) is 31.1 Å². The number of piperidine rings is 1. The van der Waals surface area contributed by atoms with Crippen LogP contribution < -0.4 is 4.72 Å². The van der Waals surface area contributed by atoms with E-state index in [1.165, 1.54) is 12.1 Å². The SMILES string of the molecule is O=S(=O)(/C=C/c1ccccc1)NC1CCN(Cc2cccc(C(F)(F)F)c2)CC1. The van der Waals surface area contributed by atoms with Gasteiger partial charge in [0.2, 0.25) is 10.0 Å². The van der Waals surface area contributed by atoms with E-state index < -0.39 is 21.8 Å². The van der Waals surface area contributed by atoms with E-state index in [1.54, 1.807) is 12.1 Å². The van der Waals surface area contributed by atoms with E-state index in [4.69, 9.17) is 0 Å². The lowest BCUT2D eigenvalue weighted by molar-refractivity contribution is -0.137. The Labute approximate surface area is 169 Å². The van der Waals surface area contributed by atoms with Crippen LogP contribution in [0.4, 0.5) is 13.2 Å². The van der Waals surface area contributed by atoms with Crippen molar-refractivity contribution in [2.24, 2.45) is 0 Å². The van der Waals surface area contributed by atoms with Crippen molar-refractivity contribution in [3.63, 3.8) is 0 Å². The van der Waals surface area contributed by atoms with Gasteiger partial charge in [-0.05, 0) is 36.1 Å². The Morgan fingerprint density at radius 3 is 2.38 bits per heavy atom. The van der Waals surface area contributed by atoms with Crippen molar-refractivity contribution < 1.29 is 21.6 Å². The highest BCUT2D eigenvalue weighted by Crippen LogP contribution is 2.30. The van der Waals surface area contributed by atoms with Crippen LogP contribution >= 0.6 is 0 Å². The fourth-order valence-corrected chi connectivity index (χ4v) is 4.43. The zero-order valence-electron chi connectivity index (χ0n) is 15.8. The van der Waals surface area contributed by atoms with Crippen molar-refractivity contribution in [1.82, 2.24) is 9.62 Å². The monoisotopic (exact) mass is 424 g/mol. The first-order chi connectivity index (χ1) is 13.7. The summed E-state index contributed by atoms with van der Waals surface area (Å²) in [5.41, 5.74) is 0.751. The van der Waals surface area contributed by atoms with Gasteiger partial charge in [-0.3, -0.25) is 4.90 Å². The molecule has 8 heteroatoms. The lowest BCUT2D eigenvalue weighted by atomic mass is 10.0. The summed E-state index contributed by atoms with van der Waals surface area (Å²) >= 11 is 0. The second kappa shape index (κ2) is 9.11. The molecule has 0 spiro atoms. The summed E-state index contributed by atoms with van der Waals surface area (Å²) in [6.07, 6.45) is -1.59. The second-order valence-corrected chi connectivity index (χ2v) is 8.72. The second-order valence-electron chi connectivity index (χ2n) is 7.12. The van der Waals surface area contributed by atoms with Crippen LogP contribution in [-0.4, -0.2) is 32.4 Å². The van der Waals surface area contributed by atoms with Crippen LogP contribution in [0.5, 0.6) is 0 Å². The van der Waals surface area contributed by atoms with Crippen LogP contribution in [0.25, 0.3) is 6.08 Å². The highest BCUT2D eigenvalue weighted by atomic mass is 32.2. The number of hydrogen-bond donors (Lipinski definition) is 1. The Balaban J connectivity index is 1.51. The summed E-state index contributed by atoms with van der Waals surface area (Å²) in [5.74, 6) is 0. The molecule has 3 rings (SSSR count). The van der Waals surface area contributed by atoms with Crippen LogP contribution in [0.1, 0.15) is 29.5 Å². The lowest BCUT2D eigenvalue weighted by Gasteiger charge is -2.32. The van der Waals surface area contributed by atoms with Crippen molar-refractivity contribution >= 4 is 16.1 Å². The first-order valence-electron chi connectivity index (χ1n) is 9.35. The maximum atomic E-state index is 12.8. The summed E-state index contributed by atoms with van der Waals surface area (Å²) in [4.78, 5) is 2.04. The highest BCUT2D eigenvalue weighted by molar-refractivity contribution is 7.92. The highest BCUT2D eigenvalue weighted by Gasteiger charge is 2.30. The van der Waals surface area contributed by atoms with Gasteiger partial charge in [0.25, 0.3) is 0 Å². The van der Waals surface area contributed by atoms with E-state index in [0.29, 0.717) is 38.0 Å². The van der Waals surface area contributed by atoms with Crippen molar-refractivity contribution in [3.8, 4) is 0 Å². The lowest BCUT2D eigenvalue weighted by Crippen LogP contribution is -2.43. The number of sulfonamides is 1. The minimum absolute atomic E-state index is 0.182. The summed E-state index contributed by atoms with van der Waals surface area (Å²) in [6.45, 7) is 1.65. The van der Waals surface area contributed by atoms with Crippen LogP contribution in [-0.2, 0) is 22.7 Å². The maximum Gasteiger partial charge on any atom is 0.416 e. The molecule has 0 unspecified atom stereocenters. The van der Waals surface area contributed by atoms with Crippen LogP contribution in [0.3, 0.4) is 0 Å². The predicted octanol–water partition coefficient (Wildman–Crippen LogP) is 4.26. The van der Waals surface area contributed by atoms with Crippen molar-refractivity contribution in [3.05, 3.63) is 76.7 Å². The minimum Gasteiger partial charge on any atom is -0.299 e. The summed E-state index contributed by atoms with van der Waals surface area (Å²) in [7, 11) is -3.55. The number of rotatable bonds is 6. The van der Waals surface area contributed by atoms with E-state index in [0.717, 1.165) is 17.0 Å². The third-order valence-electron chi connectivity index (χ3n) is 4.82. The third-order valence-corrected chi connectivity index (χ3v) is 5.97. The molecule has 0 saturated carbocycles. The molecule has 1 saturated heterocycles. The van der Waals surface area contributed by atoms with E-state index in [9.17, 15) is 21.6 Å². The fourth-order valence-electron chi connectivity index (χ4n) is 3.32. The fraction of sp³-hybridized carbons (Fsp3) is 0.333. The molecule has 2 aromatic carbocycles. The Morgan fingerprint density at radius 1 is 1.03 bits per heavy atom. The Hall–Kier alpha value is -2.16. The number of halogens is 3. The molecule has 2 aromatic rings. The third kappa shape index (κ3) is 6.69. The van der Waals surface area contributed by atoms with Gasteiger partial charge >= 0.3 is 6.18 Å². The molecule has 156 valence electrons. The first-order valence-corrected chi connectivity index (χ1v) is 10.9. The van der Waals surface area contributed by atoms with Crippen LogP contribution in [0.2, 0.25) is 0 Å². The summed E-state index contributed by atoms with van der Waals surface area (Å²) in [6, 6.07) is 14.3. The van der Waals surface area contributed by atoms with Crippen LogP contribution in [0, 0.1) is 0 Å². The molecule has 0 aliphatic carbocycles. The van der Waals surface area contributed by atoms with E-state index >= 15 is 0 Å². The number of alkyl halides is 3. The number of likely N-dealkylation sites (tertiary alicyclic amines) is 1. The molecule has 1 aliphatic heterocycles. The van der Waals surface area contributed by atoms with Gasteiger partial charge in [-0.25, -0.2) is 13.1 Å². The Morgan fingerprint density at radius 2 is 1.72 bits per heavy atom. The smallest absolute Gasteiger partial charge is 0.299 e. The van der Waals surface area contributed by atoms with Gasteiger partial charge in [0.15, 0.2) is 0 Å². The molecule has 1 aliphatic rings. The number of nitrogens with zero attached hydrogens (tertiary/aromatic N) is 1. The topological polar surface area (TPSA) is 49.4 Å². The summed E-state index contributed by atoms with van der Waals surface area (Å²) in [5, 5.41) is 1.16. The molecule has 0 aromatic heterocycles. The molecule has 0 bridgehead atoms. The molecule has 1 fully saturated rings. The molecule has 0 amide bonds. The molecule has 4 nitrogen and oxygen atoms in total. The van der Waals surface area contributed by atoms with Gasteiger partial charge in [-0.15, -0.1) is 0 Å². The number of nitrogens with one attached hydrogen (secondary N) is 1. The normalized spacial score (nSPS) is 17.1. The van der Waals surface area contributed by atoms with Gasteiger partial charge < -0.3 is 0 Å². The van der Waals surface area contributed by atoms with Crippen LogP contribution in [0.15, 0.2) is 60.0 Å². The minimum atomic E-state index is -4.35. The Kier molecular flexibility index (Phi) is 6.77. The van der Waals surface area contributed by atoms with Crippen molar-refractivity contribution in [2.45, 2.75) is 31.6 Å². The zero-order valence-corrected chi connectivity index (χ0v) is 16.6. The average Bonchev–Trinajstić information content (AvgIpc) is 2.68. The Bertz CT molecular complexity index is 936. The molecule has 1 heterocycles. The van der Waals surface area contributed by atoms with E-state index in [-0.39, 0.29) is 6.04 Å². The largest absolute Gasteiger partial charge is 0.416 e. The summed E-state index contributed by atoms with van der Waals surface area (Å²) < 4.78 is 65.7. The molecular weight excluding hydrogens is 401 g/mol. The predicted molar refractivity (Wildman–Crippen MR) is 107 cm³/mol. The molecular formula is C21H23F3N2O2S. The molecule has 0 radical (unpaired) electrons. The first kappa shape index (κ1) is 21.5. The number of hydrogen-bond acceptors (Lipinski definition) is 3. The van der Waals surface area contributed by atoms with Crippen molar-refractivity contribution in [1.29, 1.82) is 0 Å². The van der Waals surface area contributed by atoms with Gasteiger partial charge in [0.05, 0.1) is 5.56 Å². The van der Waals surface area contributed by atoms with Crippen molar-refractivity contribution in [2.75, 3.05) is 13.1 Å². The molecule has 1 N–H and O–H groups in total.